The van der Waals surface area contributed by atoms with E-state index in [4.69, 9.17) is 9.47 Å². The first kappa shape index (κ1) is 19.0. The summed E-state index contributed by atoms with van der Waals surface area (Å²) in [6.07, 6.45) is 4.43. The van der Waals surface area contributed by atoms with Crippen molar-refractivity contribution in [2.24, 2.45) is 0 Å². The lowest BCUT2D eigenvalue weighted by molar-refractivity contribution is -0.148. The molecule has 0 saturated heterocycles. The Bertz CT molecular complexity index is 414. The number of esters is 2. The van der Waals surface area contributed by atoms with Crippen molar-refractivity contribution in [2.75, 3.05) is 0 Å². The molecule has 0 aliphatic carbocycles. The average molecular weight is 292 g/mol. The molecule has 0 aromatic heterocycles. The van der Waals surface area contributed by atoms with E-state index in [9.17, 15) is 9.59 Å². The van der Waals surface area contributed by atoms with Crippen molar-refractivity contribution in [1.82, 2.24) is 0 Å². The number of carbonyl (C=O) groups is 2. The number of hydrogen-bond acceptors (Lipinski definition) is 4. The molecule has 2 atom stereocenters. The summed E-state index contributed by atoms with van der Waals surface area (Å²) in [7, 11) is 0. The highest BCUT2D eigenvalue weighted by atomic mass is 16.5. The molecular weight excluding hydrogens is 268 g/mol. The molecule has 0 aromatic carbocycles. The second kappa shape index (κ2) is 11.8. The van der Waals surface area contributed by atoms with E-state index in [0.29, 0.717) is 19.3 Å². The van der Waals surface area contributed by atoms with E-state index in [-0.39, 0.29) is 37.0 Å². The normalized spacial score (nSPS) is 12.3. The molecule has 4 heteroatoms. The molecular formula is C17H24O4. The van der Waals surface area contributed by atoms with Crippen LogP contribution >= 0.6 is 0 Å². The third-order valence-electron chi connectivity index (χ3n) is 2.66. The van der Waals surface area contributed by atoms with Gasteiger partial charge in [0.15, 0.2) is 6.10 Å². The zero-order valence-corrected chi connectivity index (χ0v) is 12.9. The lowest BCUT2D eigenvalue weighted by Gasteiger charge is -2.12. The molecule has 0 aliphatic rings. The van der Waals surface area contributed by atoms with Gasteiger partial charge in [0.1, 0.15) is 6.10 Å². The Morgan fingerprint density at radius 2 is 1.81 bits per heavy atom. The van der Waals surface area contributed by atoms with Gasteiger partial charge in [-0.2, -0.15) is 0 Å². The van der Waals surface area contributed by atoms with Crippen LogP contribution in [0.1, 0.15) is 46.0 Å². The van der Waals surface area contributed by atoms with Crippen molar-refractivity contribution in [1.29, 1.82) is 0 Å². The van der Waals surface area contributed by atoms with Gasteiger partial charge in [-0.3, -0.25) is 9.59 Å². The van der Waals surface area contributed by atoms with Crippen molar-refractivity contribution in [3.8, 4) is 11.8 Å². The summed E-state index contributed by atoms with van der Waals surface area (Å²) in [6, 6.07) is 0. The number of ether oxygens (including phenoxy) is 2. The predicted molar refractivity (Wildman–Crippen MR) is 82.4 cm³/mol. The molecule has 0 amide bonds. The zero-order chi connectivity index (χ0) is 16.1. The maximum atomic E-state index is 11.6. The van der Waals surface area contributed by atoms with Crippen LogP contribution in [0.15, 0.2) is 25.3 Å². The van der Waals surface area contributed by atoms with Crippen LogP contribution in [0.25, 0.3) is 0 Å². The van der Waals surface area contributed by atoms with Gasteiger partial charge in [-0.25, -0.2) is 0 Å². The molecule has 0 heterocycles. The van der Waals surface area contributed by atoms with Gasteiger partial charge in [0.25, 0.3) is 0 Å². The molecule has 21 heavy (non-hydrogen) atoms. The maximum Gasteiger partial charge on any atom is 0.307 e. The monoisotopic (exact) mass is 292 g/mol. The highest BCUT2D eigenvalue weighted by molar-refractivity contribution is 5.73. The minimum Gasteiger partial charge on any atom is -0.458 e. The topological polar surface area (TPSA) is 52.6 Å². The molecule has 0 spiro atoms. The van der Waals surface area contributed by atoms with Crippen LogP contribution in [0.2, 0.25) is 0 Å². The fourth-order valence-corrected chi connectivity index (χ4v) is 1.55. The first-order valence-electron chi connectivity index (χ1n) is 7.12. The molecule has 0 radical (unpaired) electrons. The third-order valence-corrected chi connectivity index (χ3v) is 2.66. The van der Waals surface area contributed by atoms with Gasteiger partial charge >= 0.3 is 11.9 Å². The Labute approximate surface area is 127 Å². The Morgan fingerprint density at radius 1 is 1.19 bits per heavy atom. The van der Waals surface area contributed by atoms with Crippen molar-refractivity contribution in [3.05, 3.63) is 25.3 Å². The summed E-state index contributed by atoms with van der Waals surface area (Å²) in [5, 5.41) is 0. The van der Waals surface area contributed by atoms with E-state index in [1.54, 1.807) is 19.1 Å². The molecule has 2 unspecified atom stereocenters. The lowest BCUT2D eigenvalue weighted by Crippen LogP contribution is -2.17. The van der Waals surface area contributed by atoms with Crippen molar-refractivity contribution in [2.45, 2.75) is 58.2 Å². The van der Waals surface area contributed by atoms with Gasteiger partial charge in [0, 0.05) is 19.3 Å². The smallest absolute Gasteiger partial charge is 0.307 e. The molecule has 0 bridgehead atoms. The predicted octanol–water partition coefficient (Wildman–Crippen LogP) is 3.18. The second-order valence-corrected chi connectivity index (χ2v) is 4.42. The van der Waals surface area contributed by atoms with E-state index in [1.165, 1.54) is 0 Å². The van der Waals surface area contributed by atoms with Crippen molar-refractivity contribution < 1.29 is 19.1 Å². The van der Waals surface area contributed by atoms with E-state index >= 15 is 0 Å². The average Bonchev–Trinajstić information content (AvgIpc) is 2.46. The first-order valence-corrected chi connectivity index (χ1v) is 7.12. The van der Waals surface area contributed by atoms with E-state index in [0.717, 1.165) is 0 Å². The molecule has 0 fully saturated rings. The van der Waals surface area contributed by atoms with Crippen LogP contribution in [0.5, 0.6) is 0 Å². The molecule has 0 saturated carbocycles. The van der Waals surface area contributed by atoms with Crippen LogP contribution < -0.4 is 0 Å². The minimum atomic E-state index is -0.368. The molecule has 4 nitrogen and oxygen atoms in total. The molecule has 0 aliphatic heterocycles. The van der Waals surface area contributed by atoms with Crippen LogP contribution in [0, 0.1) is 11.8 Å². The summed E-state index contributed by atoms with van der Waals surface area (Å²) in [5.41, 5.74) is 0. The van der Waals surface area contributed by atoms with Gasteiger partial charge in [-0.15, -0.1) is 12.5 Å². The van der Waals surface area contributed by atoms with Gasteiger partial charge in [0.05, 0.1) is 0 Å². The van der Waals surface area contributed by atoms with E-state index in [1.807, 2.05) is 6.92 Å². The van der Waals surface area contributed by atoms with Crippen molar-refractivity contribution >= 4 is 11.9 Å². The third kappa shape index (κ3) is 9.50. The van der Waals surface area contributed by atoms with Gasteiger partial charge in [-0.1, -0.05) is 31.6 Å². The van der Waals surface area contributed by atoms with Crippen LogP contribution in [-0.4, -0.2) is 24.1 Å². The number of rotatable bonds is 10. The maximum absolute atomic E-state index is 11.6. The fourth-order valence-electron chi connectivity index (χ4n) is 1.55. The molecule has 0 aromatic rings. The Balaban J connectivity index is 3.98. The summed E-state index contributed by atoms with van der Waals surface area (Å²) in [4.78, 5) is 23.1. The number of hydrogen-bond donors (Lipinski definition) is 0. The SMILES string of the molecule is C=CCC(C=C)OC(=O)CCCC(=O)OC(C#CC)CC. The van der Waals surface area contributed by atoms with Crippen LogP contribution in [-0.2, 0) is 19.1 Å². The summed E-state index contributed by atoms with van der Waals surface area (Å²) < 4.78 is 10.3. The van der Waals surface area contributed by atoms with Gasteiger partial charge in [0.2, 0.25) is 0 Å². The summed E-state index contributed by atoms with van der Waals surface area (Å²) in [5.74, 6) is 4.83. The fraction of sp³-hybridized carbons (Fsp3) is 0.529. The first-order chi connectivity index (χ1) is 10.1. The summed E-state index contributed by atoms with van der Waals surface area (Å²) >= 11 is 0. The Morgan fingerprint density at radius 3 is 2.29 bits per heavy atom. The quantitative estimate of drug-likeness (QED) is 0.352. The molecule has 0 N–H and O–H groups in total. The van der Waals surface area contributed by atoms with E-state index in [2.05, 4.69) is 25.0 Å². The Hall–Kier alpha value is -2.02. The zero-order valence-electron chi connectivity index (χ0n) is 12.9. The van der Waals surface area contributed by atoms with Crippen LogP contribution in [0.3, 0.4) is 0 Å². The highest BCUT2D eigenvalue weighted by Gasteiger charge is 2.13. The highest BCUT2D eigenvalue weighted by Crippen LogP contribution is 2.07. The van der Waals surface area contributed by atoms with Crippen LogP contribution in [0.4, 0.5) is 0 Å². The Kier molecular flexibility index (Phi) is 10.6. The van der Waals surface area contributed by atoms with Gasteiger partial charge in [-0.05, 0) is 19.8 Å². The minimum absolute atomic E-state index is 0.173. The summed E-state index contributed by atoms with van der Waals surface area (Å²) in [6.45, 7) is 10.8. The largest absolute Gasteiger partial charge is 0.458 e. The molecule has 116 valence electrons. The second-order valence-electron chi connectivity index (χ2n) is 4.42. The van der Waals surface area contributed by atoms with Crippen molar-refractivity contribution in [3.63, 3.8) is 0 Å². The molecule has 0 rings (SSSR count). The van der Waals surface area contributed by atoms with Gasteiger partial charge < -0.3 is 9.47 Å². The standard InChI is InChI=1S/C17H24O4/c1-5-10-14(7-3)20-16(18)12-9-13-17(19)21-15(8-4)11-6-2/h5,7,14-15H,1,3,8-10,12-13H2,2,4H3. The lowest BCUT2D eigenvalue weighted by atomic mass is 10.2. The van der Waals surface area contributed by atoms with E-state index < -0.39 is 0 Å². The number of carbonyl (C=O) groups excluding carboxylic acids is 2.